The molecule has 5 rings (SSSR count). The molecule has 36 heavy (non-hydrogen) atoms. The normalized spacial score (nSPS) is 16.4. The Morgan fingerprint density at radius 3 is 2.83 bits per heavy atom. The summed E-state index contributed by atoms with van der Waals surface area (Å²) in [5.41, 5.74) is 6.74. The van der Waals surface area contributed by atoms with E-state index in [1.807, 2.05) is 23.2 Å². The van der Waals surface area contributed by atoms with Gasteiger partial charge in [-0.05, 0) is 42.6 Å². The molecule has 1 fully saturated rings. The molecular weight excluding hydrogens is 569 g/mol. The number of halogens is 1. The number of hydrogen-bond donors (Lipinski definition) is 2. The number of aromatic amines is 1. The van der Waals surface area contributed by atoms with Crippen LogP contribution in [-0.4, -0.2) is 79.3 Å². The summed E-state index contributed by atoms with van der Waals surface area (Å²) in [6, 6.07) is 4.19. The molecule has 188 valence electrons. The predicted molar refractivity (Wildman–Crippen MR) is 154 cm³/mol. The predicted octanol–water partition coefficient (Wildman–Crippen LogP) is 4.61. The van der Waals surface area contributed by atoms with Gasteiger partial charge in [-0.3, -0.25) is 5.32 Å². The lowest BCUT2D eigenvalue weighted by Gasteiger charge is -2.34. The lowest BCUT2D eigenvalue weighted by atomic mass is 10.1. The topological polar surface area (TPSA) is 91.3 Å². The standard InChI is InChI=1S/C26H30IN7O2/c1-5-36-26(35)31-25-29-21-14-19(13-20(24(21)30-25)23-17(2)7-6-8-27-23)34-15-22(28-16-34)18(3)33-11-9-32(4)10-12-33/h6-8,13-16H,3,5,9-12H2,1-2,4H3,(H2,29,30,31,35). The number of amides is 1. The molecule has 3 aromatic rings. The quantitative estimate of drug-likeness (QED) is 0.403. The molecule has 2 N–H and O–H groups in total. The van der Waals surface area contributed by atoms with Crippen molar-refractivity contribution in [3.8, 4) is 5.69 Å². The van der Waals surface area contributed by atoms with Crippen LogP contribution in [0, 0.1) is 0 Å². The van der Waals surface area contributed by atoms with Crippen molar-refractivity contribution in [3.63, 3.8) is 0 Å². The Bertz CT molecular complexity index is 1410. The number of H-pyrrole nitrogens is 1. The van der Waals surface area contributed by atoms with Gasteiger partial charge in [0.25, 0.3) is 0 Å². The molecule has 2 aliphatic rings. The first-order valence-corrected chi connectivity index (χ1v) is 14.2. The van der Waals surface area contributed by atoms with E-state index >= 15 is 0 Å². The highest BCUT2D eigenvalue weighted by molar-refractivity contribution is 14.2. The fraction of sp³-hybridized carbons (Fsp3) is 0.308. The first kappa shape index (κ1) is 24.4. The second kappa shape index (κ2) is 10.4. The number of anilines is 1. The van der Waals surface area contributed by atoms with Crippen LogP contribution >= 0.6 is 20.7 Å². The van der Waals surface area contributed by atoms with Gasteiger partial charge >= 0.3 is 6.09 Å². The van der Waals surface area contributed by atoms with E-state index in [0.29, 0.717) is 12.6 Å². The molecule has 4 heterocycles. The third kappa shape index (κ3) is 5.00. The van der Waals surface area contributed by atoms with Crippen LogP contribution < -0.4 is 5.32 Å². The summed E-state index contributed by atoms with van der Waals surface area (Å²) >= 11 is -0.308. The van der Waals surface area contributed by atoms with E-state index in [1.54, 1.807) is 6.92 Å². The van der Waals surface area contributed by atoms with Crippen molar-refractivity contribution in [1.29, 1.82) is 0 Å². The summed E-state index contributed by atoms with van der Waals surface area (Å²) < 4.78 is 10.6. The monoisotopic (exact) mass is 599 g/mol. The maximum absolute atomic E-state index is 12.0. The number of nitrogens with one attached hydrogen (secondary N) is 2. The molecule has 0 aliphatic carbocycles. The second-order valence-electron chi connectivity index (χ2n) is 8.81. The Morgan fingerprint density at radius 2 is 2.08 bits per heavy atom. The minimum absolute atomic E-state index is 0.294. The molecule has 10 heteroatoms. The van der Waals surface area contributed by atoms with Gasteiger partial charge in [0.05, 0.1) is 29.7 Å². The molecule has 1 saturated heterocycles. The van der Waals surface area contributed by atoms with Gasteiger partial charge in [-0.1, -0.05) is 39.5 Å². The van der Waals surface area contributed by atoms with Crippen LogP contribution in [-0.2, 0) is 4.74 Å². The van der Waals surface area contributed by atoms with Gasteiger partial charge in [0.2, 0.25) is 5.95 Å². The number of benzene rings is 1. The summed E-state index contributed by atoms with van der Waals surface area (Å²) in [4.78, 5) is 29.2. The van der Waals surface area contributed by atoms with E-state index in [0.717, 1.165) is 59.9 Å². The smallest absolute Gasteiger partial charge is 0.413 e. The minimum Gasteiger partial charge on any atom is -0.450 e. The number of carbonyl (C=O) groups is 1. The number of aromatic nitrogens is 4. The number of imidazole rings is 2. The number of carbonyl (C=O) groups excluding carboxylic acids is 1. The average molecular weight is 599 g/mol. The summed E-state index contributed by atoms with van der Waals surface area (Å²) in [5, 5.41) is 2.69. The zero-order valence-electron chi connectivity index (χ0n) is 20.7. The van der Waals surface area contributed by atoms with Gasteiger partial charge in [0.1, 0.15) is 5.69 Å². The van der Waals surface area contributed by atoms with Crippen LogP contribution in [0.4, 0.5) is 10.7 Å². The number of piperazine rings is 1. The number of ether oxygens (including phenoxy) is 1. The van der Waals surface area contributed by atoms with Crippen LogP contribution in [0.15, 0.2) is 49.0 Å². The zero-order valence-corrected chi connectivity index (χ0v) is 22.9. The number of fused-ring (bicyclic) bond motifs is 1. The average Bonchev–Trinajstić information content (AvgIpc) is 3.51. The maximum Gasteiger partial charge on any atom is 0.413 e. The molecular formula is C26H30IN7O2. The molecule has 1 aromatic carbocycles. The summed E-state index contributed by atoms with van der Waals surface area (Å²) in [7, 11) is 2.14. The highest BCUT2D eigenvalue weighted by Crippen LogP contribution is 2.38. The van der Waals surface area contributed by atoms with Crippen molar-refractivity contribution >= 4 is 57.1 Å². The summed E-state index contributed by atoms with van der Waals surface area (Å²) in [5.74, 6) is 0.364. The van der Waals surface area contributed by atoms with Crippen molar-refractivity contribution in [2.45, 2.75) is 13.8 Å². The van der Waals surface area contributed by atoms with Crippen LogP contribution in [0.2, 0.25) is 0 Å². The van der Waals surface area contributed by atoms with E-state index < -0.39 is 6.09 Å². The Labute approximate surface area is 220 Å². The molecule has 0 unspecified atom stereocenters. The van der Waals surface area contributed by atoms with E-state index in [4.69, 9.17) is 9.72 Å². The van der Waals surface area contributed by atoms with E-state index in [1.165, 1.54) is 9.15 Å². The molecule has 0 saturated carbocycles. The van der Waals surface area contributed by atoms with E-state index in [-0.39, 0.29) is 20.7 Å². The highest BCUT2D eigenvalue weighted by atomic mass is 127. The largest absolute Gasteiger partial charge is 0.450 e. The van der Waals surface area contributed by atoms with Crippen molar-refractivity contribution in [1.82, 2.24) is 29.3 Å². The second-order valence-corrected chi connectivity index (χ2v) is 11.2. The molecule has 0 atom stereocenters. The number of hydrogen-bond acceptors (Lipinski definition) is 6. The molecule has 0 bridgehead atoms. The van der Waals surface area contributed by atoms with Crippen molar-refractivity contribution in [2.75, 3.05) is 45.2 Å². The van der Waals surface area contributed by atoms with Crippen molar-refractivity contribution < 1.29 is 9.53 Å². The fourth-order valence-corrected chi connectivity index (χ4v) is 6.50. The SMILES string of the molecule is C=C(c1cn(-c2cc(C3=C(C)C=CC=I3)c3nc(NC(=O)OCC)[nH]c3c2)cn1)N1CCN(C)CC1. The highest BCUT2D eigenvalue weighted by Gasteiger charge is 2.20. The van der Waals surface area contributed by atoms with Crippen LogP contribution in [0.1, 0.15) is 25.1 Å². The summed E-state index contributed by atoms with van der Waals surface area (Å²) in [6.07, 6.45) is 7.59. The maximum atomic E-state index is 12.0. The van der Waals surface area contributed by atoms with Crippen LogP contribution in [0.3, 0.4) is 0 Å². The number of likely N-dealkylation sites (N-methyl/N-ethyl adjacent to an activating group) is 1. The Morgan fingerprint density at radius 1 is 1.28 bits per heavy atom. The molecule has 0 spiro atoms. The fourth-order valence-electron chi connectivity index (χ4n) is 4.30. The molecule has 0 radical (unpaired) electrons. The molecule has 1 amide bonds. The Kier molecular flexibility index (Phi) is 7.06. The zero-order chi connectivity index (χ0) is 25.2. The van der Waals surface area contributed by atoms with Gasteiger partial charge in [-0.2, -0.15) is 0 Å². The summed E-state index contributed by atoms with van der Waals surface area (Å²) in [6.45, 7) is 12.5. The number of allylic oxidation sites excluding steroid dienone is 3. The lowest BCUT2D eigenvalue weighted by molar-refractivity contribution is 0.167. The van der Waals surface area contributed by atoms with Gasteiger partial charge in [0.15, 0.2) is 0 Å². The van der Waals surface area contributed by atoms with Gasteiger partial charge in [-0.15, -0.1) is 0 Å². The molecule has 9 nitrogen and oxygen atoms in total. The van der Waals surface area contributed by atoms with Crippen LogP contribution in [0.5, 0.6) is 0 Å². The minimum atomic E-state index is -0.531. The molecule has 2 aromatic heterocycles. The lowest BCUT2D eigenvalue weighted by Crippen LogP contribution is -2.43. The Hall–Kier alpha value is -3.25. The van der Waals surface area contributed by atoms with Crippen molar-refractivity contribution in [2.24, 2.45) is 0 Å². The Balaban J connectivity index is 1.53. The first-order chi connectivity index (χ1) is 17.4. The van der Waals surface area contributed by atoms with Gasteiger partial charge in [0, 0.05) is 47.2 Å². The van der Waals surface area contributed by atoms with E-state index in [9.17, 15) is 4.79 Å². The van der Waals surface area contributed by atoms with E-state index in [2.05, 4.69) is 67.9 Å². The van der Waals surface area contributed by atoms with Crippen molar-refractivity contribution in [3.05, 3.63) is 60.2 Å². The number of rotatable bonds is 6. The molecule has 2 aliphatic heterocycles. The number of nitrogens with zero attached hydrogens (tertiary/aromatic N) is 5. The van der Waals surface area contributed by atoms with Gasteiger partial charge < -0.3 is 24.1 Å². The van der Waals surface area contributed by atoms with Gasteiger partial charge in [-0.25, -0.2) is 14.8 Å². The third-order valence-electron chi connectivity index (χ3n) is 6.30. The third-order valence-corrected chi connectivity index (χ3v) is 9.13. The van der Waals surface area contributed by atoms with Crippen LogP contribution in [0.25, 0.3) is 26.0 Å². The first-order valence-electron chi connectivity index (χ1n) is 11.9.